The lowest BCUT2D eigenvalue weighted by Gasteiger charge is -2.39. The molecule has 5 rings (SSSR count). The minimum atomic E-state index is -2.93. The van der Waals surface area contributed by atoms with Crippen molar-refractivity contribution in [2.24, 2.45) is 5.92 Å². The van der Waals surface area contributed by atoms with E-state index in [-0.39, 0.29) is 30.3 Å². The van der Waals surface area contributed by atoms with Gasteiger partial charge in [0.15, 0.2) is 0 Å². The number of carbonyl (C=O) groups excluding carboxylic acids is 2. The van der Waals surface area contributed by atoms with Crippen LogP contribution in [0.1, 0.15) is 24.8 Å². The number of likely N-dealkylation sites (tertiary alicyclic amines) is 1. The van der Waals surface area contributed by atoms with E-state index in [2.05, 4.69) is 15.4 Å². The van der Waals surface area contributed by atoms with Crippen LogP contribution in [-0.4, -0.2) is 50.6 Å². The lowest BCUT2D eigenvalue weighted by molar-refractivity contribution is -0.138. The maximum absolute atomic E-state index is 13.6. The Bertz CT molecular complexity index is 1200. The minimum Gasteiger partial charge on any atom is -0.350 e. The quantitative estimate of drug-likeness (QED) is 0.636. The Kier molecular flexibility index (Phi) is 5.07. The van der Waals surface area contributed by atoms with Crippen LogP contribution in [0.5, 0.6) is 0 Å². The standard InChI is InChI=1S/C22H20F3N5O2/c23-17-4-3-13(5-16(17)21(24)25)14-6-19-18(26-7-14)8-27-30(19)11-20(31)29-9-15(10-29)28-22(32)12-1-2-12/h3-8,12,15,21H,1-2,9-11H2,(H,28,32). The minimum absolute atomic E-state index is 0.0103. The van der Waals surface area contributed by atoms with Gasteiger partial charge in [0, 0.05) is 30.8 Å². The van der Waals surface area contributed by atoms with Crippen LogP contribution in [0.2, 0.25) is 0 Å². The number of carbonyl (C=O) groups is 2. The smallest absolute Gasteiger partial charge is 0.266 e. The molecule has 10 heteroatoms. The molecule has 3 aromatic rings. The molecule has 2 aliphatic rings. The molecular weight excluding hydrogens is 423 g/mol. The summed E-state index contributed by atoms with van der Waals surface area (Å²) in [6.07, 6.45) is 1.97. The molecule has 2 fully saturated rings. The van der Waals surface area contributed by atoms with E-state index >= 15 is 0 Å². The molecule has 0 atom stereocenters. The van der Waals surface area contributed by atoms with E-state index in [1.807, 2.05) is 0 Å². The van der Waals surface area contributed by atoms with Crippen molar-refractivity contribution in [1.29, 1.82) is 0 Å². The van der Waals surface area contributed by atoms with Crippen molar-refractivity contribution in [2.45, 2.75) is 31.9 Å². The van der Waals surface area contributed by atoms with Gasteiger partial charge in [0.25, 0.3) is 6.43 Å². The first-order valence-electron chi connectivity index (χ1n) is 10.4. The summed E-state index contributed by atoms with van der Waals surface area (Å²) < 4.78 is 41.2. The van der Waals surface area contributed by atoms with Crippen molar-refractivity contribution in [1.82, 2.24) is 25.0 Å². The molecule has 1 aliphatic heterocycles. The highest BCUT2D eigenvalue weighted by atomic mass is 19.3. The Morgan fingerprint density at radius 2 is 1.91 bits per heavy atom. The number of rotatable bonds is 6. The zero-order chi connectivity index (χ0) is 22.4. The van der Waals surface area contributed by atoms with Crippen molar-refractivity contribution >= 4 is 22.8 Å². The molecule has 3 heterocycles. The highest BCUT2D eigenvalue weighted by Crippen LogP contribution is 2.30. The third kappa shape index (κ3) is 3.92. The highest BCUT2D eigenvalue weighted by Gasteiger charge is 2.36. The van der Waals surface area contributed by atoms with Crippen LogP contribution in [0.15, 0.2) is 36.7 Å². The van der Waals surface area contributed by atoms with E-state index in [4.69, 9.17) is 0 Å². The second-order valence-corrected chi connectivity index (χ2v) is 8.25. The van der Waals surface area contributed by atoms with Gasteiger partial charge in [-0.2, -0.15) is 5.10 Å². The number of aromatic nitrogens is 3. The third-order valence-electron chi connectivity index (χ3n) is 5.87. The monoisotopic (exact) mass is 443 g/mol. The molecule has 0 spiro atoms. The molecule has 0 unspecified atom stereocenters. The van der Waals surface area contributed by atoms with Gasteiger partial charge < -0.3 is 10.2 Å². The molecule has 0 bridgehead atoms. The molecule has 32 heavy (non-hydrogen) atoms. The van der Waals surface area contributed by atoms with Crippen LogP contribution in [-0.2, 0) is 16.1 Å². The van der Waals surface area contributed by atoms with E-state index in [1.165, 1.54) is 23.1 Å². The van der Waals surface area contributed by atoms with Gasteiger partial charge in [-0.15, -0.1) is 0 Å². The van der Waals surface area contributed by atoms with Gasteiger partial charge in [-0.25, -0.2) is 13.2 Å². The molecule has 0 radical (unpaired) electrons. The van der Waals surface area contributed by atoms with Crippen molar-refractivity contribution in [2.75, 3.05) is 13.1 Å². The van der Waals surface area contributed by atoms with Gasteiger partial charge in [0.05, 0.1) is 23.3 Å². The second-order valence-electron chi connectivity index (χ2n) is 8.25. The number of nitrogens with zero attached hydrogens (tertiary/aromatic N) is 4. The first-order valence-corrected chi connectivity index (χ1v) is 10.4. The van der Waals surface area contributed by atoms with E-state index in [0.717, 1.165) is 25.0 Å². The SMILES string of the molecule is O=C(NC1CN(C(=O)Cn2ncc3ncc(-c4ccc(F)c(C(F)F)c4)cc32)C1)C1CC1. The summed E-state index contributed by atoms with van der Waals surface area (Å²) >= 11 is 0. The predicted molar refractivity (Wildman–Crippen MR) is 109 cm³/mol. The molecule has 2 amide bonds. The van der Waals surface area contributed by atoms with Crippen LogP contribution < -0.4 is 5.32 Å². The number of hydrogen-bond donors (Lipinski definition) is 1. The summed E-state index contributed by atoms with van der Waals surface area (Å²) in [7, 11) is 0. The van der Waals surface area contributed by atoms with Crippen molar-refractivity contribution in [3.8, 4) is 11.1 Å². The summed E-state index contributed by atoms with van der Waals surface area (Å²) in [5.41, 5.74) is 1.36. The van der Waals surface area contributed by atoms with Crippen molar-refractivity contribution in [3.63, 3.8) is 0 Å². The van der Waals surface area contributed by atoms with E-state index in [9.17, 15) is 22.8 Å². The zero-order valence-corrected chi connectivity index (χ0v) is 17.0. The molecule has 1 N–H and O–H groups in total. The number of pyridine rings is 1. The zero-order valence-electron chi connectivity index (χ0n) is 17.0. The second kappa shape index (κ2) is 7.92. The molecule has 1 aromatic carbocycles. The van der Waals surface area contributed by atoms with Crippen LogP contribution in [0, 0.1) is 11.7 Å². The summed E-state index contributed by atoms with van der Waals surface area (Å²) in [6, 6.07) is 5.19. The Morgan fingerprint density at radius 1 is 1.12 bits per heavy atom. The van der Waals surface area contributed by atoms with E-state index in [1.54, 1.807) is 11.0 Å². The number of hydrogen-bond acceptors (Lipinski definition) is 4. The van der Waals surface area contributed by atoms with Crippen molar-refractivity contribution < 1.29 is 22.8 Å². The Labute approximate surface area is 181 Å². The number of benzene rings is 1. The van der Waals surface area contributed by atoms with Gasteiger partial charge in [-0.05, 0) is 36.6 Å². The molecule has 1 saturated carbocycles. The summed E-state index contributed by atoms with van der Waals surface area (Å²) in [5, 5.41) is 7.17. The fraction of sp³-hybridized carbons (Fsp3) is 0.364. The summed E-state index contributed by atoms with van der Waals surface area (Å²) in [5.74, 6) is -0.905. The fourth-order valence-electron chi connectivity index (χ4n) is 3.80. The number of amides is 2. The maximum atomic E-state index is 13.6. The topological polar surface area (TPSA) is 80.1 Å². The molecule has 1 saturated heterocycles. The van der Waals surface area contributed by atoms with Crippen LogP contribution in [0.4, 0.5) is 13.2 Å². The lowest BCUT2D eigenvalue weighted by Crippen LogP contribution is -2.61. The molecular formula is C22H20F3N5O2. The van der Waals surface area contributed by atoms with Gasteiger partial charge in [-0.3, -0.25) is 19.3 Å². The average molecular weight is 443 g/mol. The average Bonchev–Trinajstić information content (AvgIpc) is 3.52. The maximum Gasteiger partial charge on any atom is 0.266 e. The van der Waals surface area contributed by atoms with Crippen LogP contribution >= 0.6 is 0 Å². The molecule has 7 nitrogen and oxygen atoms in total. The van der Waals surface area contributed by atoms with Gasteiger partial charge in [0.2, 0.25) is 11.8 Å². The summed E-state index contributed by atoms with van der Waals surface area (Å²) in [4.78, 5) is 30.4. The number of fused-ring (bicyclic) bond motifs is 1. The Morgan fingerprint density at radius 3 is 2.62 bits per heavy atom. The van der Waals surface area contributed by atoms with Crippen molar-refractivity contribution in [3.05, 3.63) is 48.0 Å². The fourth-order valence-corrected chi connectivity index (χ4v) is 3.80. The number of halogens is 3. The Balaban J connectivity index is 1.30. The largest absolute Gasteiger partial charge is 0.350 e. The van der Waals surface area contributed by atoms with Gasteiger partial charge in [-0.1, -0.05) is 6.07 Å². The number of alkyl halides is 2. The van der Waals surface area contributed by atoms with Gasteiger partial charge in [0.1, 0.15) is 17.9 Å². The van der Waals surface area contributed by atoms with E-state index in [0.29, 0.717) is 35.2 Å². The van der Waals surface area contributed by atoms with Gasteiger partial charge >= 0.3 is 0 Å². The third-order valence-corrected chi connectivity index (χ3v) is 5.87. The molecule has 166 valence electrons. The predicted octanol–water partition coefficient (Wildman–Crippen LogP) is 2.91. The lowest BCUT2D eigenvalue weighted by atomic mass is 10.0. The highest BCUT2D eigenvalue weighted by molar-refractivity contribution is 5.84. The van der Waals surface area contributed by atoms with Crippen LogP contribution in [0.3, 0.4) is 0 Å². The van der Waals surface area contributed by atoms with E-state index < -0.39 is 17.8 Å². The molecule has 2 aromatic heterocycles. The summed E-state index contributed by atoms with van der Waals surface area (Å²) in [6.45, 7) is 0.918. The molecule has 1 aliphatic carbocycles. The number of nitrogens with one attached hydrogen (secondary N) is 1. The van der Waals surface area contributed by atoms with Crippen LogP contribution in [0.25, 0.3) is 22.2 Å². The normalized spacial score (nSPS) is 16.4. The first-order chi connectivity index (χ1) is 15.4. The first kappa shape index (κ1) is 20.5. The Hall–Kier alpha value is -3.43.